The molecule has 99 valence electrons. The van der Waals surface area contributed by atoms with Crippen molar-refractivity contribution >= 4 is 11.8 Å². The summed E-state index contributed by atoms with van der Waals surface area (Å²) in [6.45, 7) is 0.477. The van der Waals surface area contributed by atoms with E-state index in [4.69, 9.17) is 0 Å². The molecule has 0 aromatic heterocycles. The first kappa shape index (κ1) is 14.1. The SMILES string of the molecule is CN(C)Cc1ccccc1Sc1[c]cc(CF)cc1. The van der Waals surface area contributed by atoms with Crippen LogP contribution in [0.25, 0.3) is 0 Å². The Balaban J connectivity index is 2.17. The molecule has 0 bridgehead atoms. The summed E-state index contributed by atoms with van der Waals surface area (Å²) in [5, 5.41) is 0. The van der Waals surface area contributed by atoms with Gasteiger partial charge < -0.3 is 4.90 Å². The van der Waals surface area contributed by atoms with E-state index in [-0.39, 0.29) is 0 Å². The van der Waals surface area contributed by atoms with Gasteiger partial charge in [0.15, 0.2) is 0 Å². The molecule has 2 rings (SSSR count). The summed E-state index contributed by atoms with van der Waals surface area (Å²) in [5.74, 6) is 0. The molecule has 0 saturated carbocycles. The molecule has 1 radical (unpaired) electrons. The zero-order valence-corrected chi connectivity index (χ0v) is 12.0. The molecule has 0 heterocycles. The minimum absolute atomic E-state index is 0.432. The van der Waals surface area contributed by atoms with Crippen LogP contribution in [0.2, 0.25) is 0 Å². The summed E-state index contributed by atoms with van der Waals surface area (Å²) in [6.07, 6.45) is 0. The van der Waals surface area contributed by atoms with Crippen LogP contribution in [-0.2, 0) is 13.2 Å². The molecular weight excluding hydrogens is 257 g/mol. The Kier molecular flexibility index (Phi) is 5.00. The molecular formula is C16H17FNS. The van der Waals surface area contributed by atoms with E-state index in [1.807, 2.05) is 18.2 Å². The van der Waals surface area contributed by atoms with Crippen molar-refractivity contribution in [1.82, 2.24) is 4.90 Å². The van der Waals surface area contributed by atoms with Crippen LogP contribution in [-0.4, -0.2) is 19.0 Å². The molecule has 3 heteroatoms. The number of hydrogen-bond donors (Lipinski definition) is 0. The van der Waals surface area contributed by atoms with Gasteiger partial charge >= 0.3 is 0 Å². The molecule has 19 heavy (non-hydrogen) atoms. The molecule has 0 spiro atoms. The van der Waals surface area contributed by atoms with Gasteiger partial charge in [0.1, 0.15) is 6.67 Å². The summed E-state index contributed by atoms with van der Waals surface area (Å²) in [5.41, 5.74) is 1.96. The maximum atomic E-state index is 12.5. The lowest BCUT2D eigenvalue weighted by atomic mass is 10.2. The summed E-state index contributed by atoms with van der Waals surface area (Å²) >= 11 is 1.67. The highest BCUT2D eigenvalue weighted by Gasteiger charge is 2.05. The highest BCUT2D eigenvalue weighted by atomic mass is 32.2. The summed E-state index contributed by atoms with van der Waals surface area (Å²) in [6, 6.07) is 16.9. The van der Waals surface area contributed by atoms with Gasteiger partial charge in [-0.2, -0.15) is 0 Å². The maximum Gasteiger partial charge on any atom is 0.115 e. The normalized spacial score (nSPS) is 10.9. The Labute approximate surface area is 118 Å². The Morgan fingerprint density at radius 2 is 1.95 bits per heavy atom. The summed E-state index contributed by atoms with van der Waals surface area (Å²) in [4.78, 5) is 4.39. The van der Waals surface area contributed by atoms with Crippen molar-refractivity contribution < 1.29 is 4.39 Å². The fourth-order valence-electron chi connectivity index (χ4n) is 1.78. The molecule has 0 N–H and O–H groups in total. The van der Waals surface area contributed by atoms with Gasteiger partial charge in [-0.1, -0.05) is 36.0 Å². The Bertz CT molecular complexity index is 523. The van der Waals surface area contributed by atoms with Crippen molar-refractivity contribution in [2.75, 3.05) is 14.1 Å². The molecule has 1 nitrogen and oxygen atoms in total. The first-order chi connectivity index (χ1) is 9.19. The Morgan fingerprint density at radius 1 is 1.16 bits per heavy atom. The van der Waals surface area contributed by atoms with Crippen molar-refractivity contribution in [2.45, 2.75) is 23.0 Å². The Morgan fingerprint density at radius 3 is 2.58 bits per heavy atom. The molecule has 0 aliphatic heterocycles. The number of halogens is 1. The lowest BCUT2D eigenvalue weighted by Crippen LogP contribution is -2.11. The topological polar surface area (TPSA) is 3.24 Å². The second kappa shape index (κ2) is 6.73. The maximum absolute atomic E-state index is 12.5. The fourth-order valence-corrected chi connectivity index (χ4v) is 2.68. The second-order valence-corrected chi connectivity index (χ2v) is 5.73. The van der Waals surface area contributed by atoms with Crippen LogP contribution in [0.5, 0.6) is 0 Å². The highest BCUT2D eigenvalue weighted by molar-refractivity contribution is 7.99. The van der Waals surface area contributed by atoms with Crippen LogP contribution < -0.4 is 0 Å². The van der Waals surface area contributed by atoms with Gasteiger partial charge in [0, 0.05) is 16.3 Å². The van der Waals surface area contributed by atoms with Crippen LogP contribution in [0.4, 0.5) is 4.39 Å². The monoisotopic (exact) mass is 274 g/mol. The van der Waals surface area contributed by atoms with Gasteiger partial charge in [-0.25, -0.2) is 4.39 Å². The van der Waals surface area contributed by atoms with E-state index in [1.165, 1.54) is 10.5 Å². The molecule has 2 aromatic rings. The third-order valence-electron chi connectivity index (χ3n) is 2.68. The lowest BCUT2D eigenvalue weighted by Gasteiger charge is -2.13. The van der Waals surface area contributed by atoms with Crippen LogP contribution >= 0.6 is 11.8 Å². The van der Waals surface area contributed by atoms with E-state index >= 15 is 0 Å². The molecule has 0 atom stereocenters. The zero-order chi connectivity index (χ0) is 13.7. The standard InChI is InChI=1S/C16H17FNS/c1-18(2)12-14-5-3-4-6-16(14)19-15-9-7-13(11-17)8-10-15/h3-9H,11-12H2,1-2H3. The van der Waals surface area contributed by atoms with E-state index in [0.29, 0.717) is 5.56 Å². The molecule has 0 aliphatic carbocycles. The van der Waals surface area contributed by atoms with Crippen molar-refractivity contribution in [2.24, 2.45) is 0 Å². The molecule has 0 amide bonds. The van der Waals surface area contributed by atoms with Crippen LogP contribution in [0.3, 0.4) is 0 Å². The van der Waals surface area contributed by atoms with E-state index in [0.717, 1.165) is 11.4 Å². The van der Waals surface area contributed by atoms with Crippen LogP contribution in [0.15, 0.2) is 52.3 Å². The fraction of sp³-hybridized carbons (Fsp3) is 0.250. The van der Waals surface area contributed by atoms with Crippen molar-refractivity contribution in [3.63, 3.8) is 0 Å². The van der Waals surface area contributed by atoms with Crippen molar-refractivity contribution in [1.29, 1.82) is 0 Å². The van der Waals surface area contributed by atoms with Gasteiger partial charge in [0.05, 0.1) is 0 Å². The molecule has 0 unspecified atom stereocenters. The van der Waals surface area contributed by atoms with Gasteiger partial charge in [0.2, 0.25) is 0 Å². The number of nitrogens with zero attached hydrogens (tertiary/aromatic N) is 1. The Hall–Kier alpha value is -1.32. The number of benzene rings is 2. The van der Waals surface area contributed by atoms with Crippen LogP contribution in [0.1, 0.15) is 11.1 Å². The third kappa shape index (κ3) is 4.08. The van der Waals surface area contributed by atoms with Gasteiger partial charge in [-0.15, -0.1) is 0 Å². The minimum atomic E-state index is -0.432. The summed E-state index contributed by atoms with van der Waals surface area (Å²) < 4.78 is 12.5. The number of rotatable bonds is 5. The van der Waals surface area contributed by atoms with Crippen molar-refractivity contribution in [3.8, 4) is 0 Å². The first-order valence-corrected chi connectivity index (χ1v) is 6.98. The number of hydrogen-bond acceptors (Lipinski definition) is 2. The highest BCUT2D eigenvalue weighted by Crippen LogP contribution is 2.30. The predicted octanol–water partition coefficient (Wildman–Crippen LogP) is 4.17. The number of alkyl halides is 1. The summed E-state index contributed by atoms with van der Waals surface area (Å²) in [7, 11) is 4.12. The van der Waals surface area contributed by atoms with E-state index in [2.05, 4.69) is 43.3 Å². The lowest BCUT2D eigenvalue weighted by molar-refractivity contribution is 0.399. The first-order valence-electron chi connectivity index (χ1n) is 6.16. The molecule has 0 aliphatic rings. The average Bonchev–Trinajstić information content (AvgIpc) is 2.41. The smallest absolute Gasteiger partial charge is 0.115 e. The van der Waals surface area contributed by atoms with Gasteiger partial charge in [-0.05, 0) is 49.5 Å². The minimum Gasteiger partial charge on any atom is -0.305 e. The molecule has 0 saturated heterocycles. The largest absolute Gasteiger partial charge is 0.305 e. The van der Waals surface area contributed by atoms with E-state index < -0.39 is 6.67 Å². The van der Waals surface area contributed by atoms with Gasteiger partial charge in [0.25, 0.3) is 0 Å². The molecule has 2 aromatic carbocycles. The predicted molar refractivity (Wildman–Crippen MR) is 78.0 cm³/mol. The zero-order valence-electron chi connectivity index (χ0n) is 11.2. The van der Waals surface area contributed by atoms with Crippen LogP contribution in [0, 0.1) is 6.07 Å². The average molecular weight is 274 g/mol. The van der Waals surface area contributed by atoms with Gasteiger partial charge in [-0.3, -0.25) is 0 Å². The second-order valence-electron chi connectivity index (χ2n) is 4.64. The molecule has 0 fully saturated rings. The van der Waals surface area contributed by atoms with E-state index in [1.54, 1.807) is 17.8 Å². The quantitative estimate of drug-likeness (QED) is 0.805. The van der Waals surface area contributed by atoms with Crippen molar-refractivity contribution in [3.05, 3.63) is 59.7 Å². The third-order valence-corrected chi connectivity index (χ3v) is 3.77. The van der Waals surface area contributed by atoms with E-state index in [9.17, 15) is 4.39 Å².